The lowest BCUT2D eigenvalue weighted by atomic mass is 9.81. The van der Waals surface area contributed by atoms with Crippen molar-refractivity contribution >= 4 is 39.8 Å². The van der Waals surface area contributed by atoms with Crippen LogP contribution in [-0.4, -0.2) is 44.9 Å². The first-order chi connectivity index (χ1) is 12.4. The number of aromatic nitrogens is 2. The van der Waals surface area contributed by atoms with Crippen LogP contribution in [0.2, 0.25) is 5.15 Å². The molecule has 1 saturated carbocycles. The maximum atomic E-state index is 12.8. The molecule has 0 unspecified atom stereocenters. The molecule has 2 aromatic heterocycles. The van der Waals surface area contributed by atoms with Gasteiger partial charge in [0.25, 0.3) is 5.91 Å². The first-order valence-electron chi connectivity index (χ1n) is 8.40. The average Bonchev–Trinajstić information content (AvgIpc) is 3.20. The zero-order valence-corrected chi connectivity index (χ0v) is 16.1. The molecule has 2 heterocycles. The molecule has 0 N–H and O–H groups in total. The molecular formula is C17H19ClN4O3S. The van der Waals surface area contributed by atoms with Gasteiger partial charge in [-0.2, -0.15) is 5.26 Å². The number of rotatable bonds is 4. The van der Waals surface area contributed by atoms with E-state index in [4.69, 9.17) is 16.3 Å². The van der Waals surface area contributed by atoms with Crippen molar-refractivity contribution in [1.29, 1.82) is 5.26 Å². The Morgan fingerprint density at radius 2 is 2.15 bits per heavy atom. The fraction of sp³-hybridized carbons (Fsp3) is 0.529. The average molecular weight is 395 g/mol. The molecule has 138 valence electrons. The fourth-order valence-corrected chi connectivity index (χ4v) is 4.36. The normalized spacial score (nSPS) is 17.5. The third-order valence-electron chi connectivity index (χ3n) is 4.91. The van der Waals surface area contributed by atoms with Crippen LogP contribution in [0.25, 0.3) is 4.96 Å². The molecule has 0 bridgehead atoms. The lowest BCUT2D eigenvalue weighted by Crippen LogP contribution is -2.53. The summed E-state index contributed by atoms with van der Waals surface area (Å²) in [4.78, 5) is 31.3. The summed E-state index contributed by atoms with van der Waals surface area (Å²) in [6.45, 7) is 1.50. The molecule has 0 spiro atoms. The number of nitrogens with zero attached hydrogens (tertiary/aromatic N) is 4. The highest BCUT2D eigenvalue weighted by atomic mass is 35.5. The van der Waals surface area contributed by atoms with Gasteiger partial charge in [0.1, 0.15) is 5.54 Å². The summed E-state index contributed by atoms with van der Waals surface area (Å²) in [6.07, 6.45) is 4.78. The fourth-order valence-electron chi connectivity index (χ4n) is 3.35. The van der Waals surface area contributed by atoms with E-state index in [0.717, 1.165) is 19.3 Å². The zero-order valence-electron chi connectivity index (χ0n) is 14.6. The van der Waals surface area contributed by atoms with E-state index < -0.39 is 23.5 Å². The van der Waals surface area contributed by atoms with Crippen LogP contribution in [-0.2, 0) is 9.53 Å². The van der Waals surface area contributed by atoms with Gasteiger partial charge in [-0.25, -0.2) is 9.78 Å². The molecule has 0 radical (unpaired) electrons. The van der Waals surface area contributed by atoms with E-state index in [-0.39, 0.29) is 10.8 Å². The third kappa shape index (κ3) is 3.17. The Hall–Kier alpha value is -2.11. The Morgan fingerprint density at radius 3 is 2.81 bits per heavy atom. The van der Waals surface area contributed by atoms with E-state index >= 15 is 0 Å². The molecular weight excluding hydrogens is 376 g/mol. The highest BCUT2D eigenvalue weighted by Crippen LogP contribution is 2.33. The lowest BCUT2D eigenvalue weighted by Gasteiger charge is -2.39. The monoisotopic (exact) mass is 394 g/mol. The number of thiazole rings is 1. The second kappa shape index (κ2) is 7.25. The standard InChI is InChI=1S/C17H19ClN4O3S/c1-11(14(23)21(2)17(10-19)6-4-3-5-7-17)25-15(24)12-13(18)20-16-22(12)8-9-26-16/h8-9,11H,3-7H2,1-2H3/t11-/m1/s1. The summed E-state index contributed by atoms with van der Waals surface area (Å²) < 4.78 is 6.87. The minimum Gasteiger partial charge on any atom is -0.448 e. The minimum absolute atomic E-state index is 0.0376. The predicted molar refractivity (Wildman–Crippen MR) is 97.2 cm³/mol. The quantitative estimate of drug-likeness (QED) is 0.742. The molecule has 1 aliphatic rings. The van der Waals surface area contributed by atoms with Crippen LogP contribution in [0.4, 0.5) is 0 Å². The first-order valence-corrected chi connectivity index (χ1v) is 9.66. The van der Waals surface area contributed by atoms with Gasteiger partial charge in [0.2, 0.25) is 0 Å². The van der Waals surface area contributed by atoms with Gasteiger partial charge in [-0.3, -0.25) is 9.20 Å². The zero-order chi connectivity index (χ0) is 18.9. The van der Waals surface area contributed by atoms with Gasteiger partial charge in [0.15, 0.2) is 21.9 Å². The van der Waals surface area contributed by atoms with Crippen molar-refractivity contribution in [1.82, 2.24) is 14.3 Å². The van der Waals surface area contributed by atoms with Crippen molar-refractivity contribution in [3.63, 3.8) is 0 Å². The van der Waals surface area contributed by atoms with Crippen LogP contribution in [0.3, 0.4) is 0 Å². The molecule has 26 heavy (non-hydrogen) atoms. The Kier molecular flexibility index (Phi) is 5.21. The van der Waals surface area contributed by atoms with Crippen LogP contribution >= 0.6 is 22.9 Å². The third-order valence-corrected chi connectivity index (χ3v) is 5.93. The number of halogens is 1. The molecule has 2 aromatic rings. The van der Waals surface area contributed by atoms with Gasteiger partial charge >= 0.3 is 5.97 Å². The van der Waals surface area contributed by atoms with Gasteiger partial charge < -0.3 is 9.64 Å². The van der Waals surface area contributed by atoms with Crippen LogP contribution in [0.5, 0.6) is 0 Å². The highest BCUT2D eigenvalue weighted by molar-refractivity contribution is 7.15. The molecule has 9 heteroatoms. The topological polar surface area (TPSA) is 87.7 Å². The van der Waals surface area contributed by atoms with E-state index in [0.29, 0.717) is 17.8 Å². The number of hydrogen-bond acceptors (Lipinski definition) is 6. The summed E-state index contributed by atoms with van der Waals surface area (Å²) >= 11 is 7.37. The van der Waals surface area contributed by atoms with Crippen molar-refractivity contribution in [3.8, 4) is 6.07 Å². The number of amides is 1. The largest absolute Gasteiger partial charge is 0.448 e. The SMILES string of the molecule is C[C@@H](OC(=O)c1c(Cl)nc2sccn12)C(=O)N(C)C1(C#N)CCCCC1. The van der Waals surface area contributed by atoms with Crippen LogP contribution < -0.4 is 0 Å². The molecule has 1 amide bonds. The molecule has 0 aliphatic heterocycles. The molecule has 7 nitrogen and oxygen atoms in total. The van der Waals surface area contributed by atoms with Gasteiger partial charge in [-0.05, 0) is 19.8 Å². The van der Waals surface area contributed by atoms with Crippen molar-refractivity contribution in [3.05, 3.63) is 22.4 Å². The van der Waals surface area contributed by atoms with Crippen LogP contribution in [0, 0.1) is 11.3 Å². The molecule has 1 atom stereocenters. The van der Waals surface area contributed by atoms with Gasteiger partial charge in [0, 0.05) is 18.6 Å². The summed E-state index contributed by atoms with van der Waals surface area (Å²) in [5, 5.41) is 11.4. The van der Waals surface area contributed by atoms with Gasteiger partial charge in [-0.1, -0.05) is 30.9 Å². The van der Waals surface area contributed by atoms with E-state index in [2.05, 4.69) is 11.1 Å². The Bertz CT molecular complexity index is 878. The number of carbonyl (C=O) groups is 2. The predicted octanol–water partition coefficient (Wildman–Crippen LogP) is 3.28. The lowest BCUT2D eigenvalue weighted by molar-refractivity contribution is -0.143. The van der Waals surface area contributed by atoms with Crippen LogP contribution in [0.15, 0.2) is 11.6 Å². The summed E-state index contributed by atoms with van der Waals surface area (Å²) in [6, 6.07) is 2.29. The highest BCUT2D eigenvalue weighted by Gasteiger charge is 2.41. The molecule has 3 rings (SSSR count). The Labute approximate surface area is 160 Å². The molecule has 1 fully saturated rings. The maximum Gasteiger partial charge on any atom is 0.359 e. The molecule has 0 aromatic carbocycles. The van der Waals surface area contributed by atoms with Gasteiger partial charge in [0.05, 0.1) is 6.07 Å². The number of ether oxygens (including phenoxy) is 1. The number of nitriles is 1. The second-order valence-electron chi connectivity index (χ2n) is 6.46. The van der Waals surface area contributed by atoms with Crippen molar-refractivity contribution in [2.24, 2.45) is 0 Å². The van der Waals surface area contributed by atoms with E-state index in [1.807, 2.05) is 0 Å². The van der Waals surface area contributed by atoms with E-state index in [1.54, 1.807) is 18.6 Å². The smallest absolute Gasteiger partial charge is 0.359 e. The number of hydrogen-bond donors (Lipinski definition) is 0. The Morgan fingerprint density at radius 1 is 1.46 bits per heavy atom. The Balaban J connectivity index is 1.74. The molecule has 1 aliphatic carbocycles. The van der Waals surface area contributed by atoms with Crippen LogP contribution in [0.1, 0.15) is 49.5 Å². The number of esters is 1. The van der Waals surface area contributed by atoms with Crippen molar-refractivity contribution < 1.29 is 14.3 Å². The van der Waals surface area contributed by atoms with E-state index in [9.17, 15) is 14.9 Å². The molecule has 0 saturated heterocycles. The summed E-state index contributed by atoms with van der Waals surface area (Å²) in [7, 11) is 1.60. The van der Waals surface area contributed by atoms with Crippen molar-refractivity contribution in [2.45, 2.75) is 50.7 Å². The number of likely N-dealkylation sites (N-methyl/N-ethyl adjacent to an activating group) is 1. The summed E-state index contributed by atoms with van der Waals surface area (Å²) in [5.41, 5.74) is -0.733. The summed E-state index contributed by atoms with van der Waals surface area (Å²) in [5.74, 6) is -1.12. The van der Waals surface area contributed by atoms with E-state index in [1.165, 1.54) is 27.6 Å². The number of fused-ring (bicyclic) bond motifs is 1. The second-order valence-corrected chi connectivity index (χ2v) is 7.69. The maximum absolute atomic E-state index is 12.8. The number of carbonyl (C=O) groups excluding carboxylic acids is 2. The number of imidazole rings is 1. The minimum atomic E-state index is -1.03. The van der Waals surface area contributed by atoms with Gasteiger partial charge in [-0.15, -0.1) is 11.3 Å². The van der Waals surface area contributed by atoms with Crippen molar-refractivity contribution in [2.75, 3.05) is 7.05 Å². The first kappa shape index (κ1) is 18.7.